The van der Waals surface area contributed by atoms with E-state index < -0.39 is 0 Å². The molecule has 0 aliphatic rings. The van der Waals surface area contributed by atoms with Crippen molar-refractivity contribution < 1.29 is 0 Å². The van der Waals surface area contributed by atoms with E-state index in [1.807, 2.05) is 13.0 Å². The van der Waals surface area contributed by atoms with Gasteiger partial charge in [-0.05, 0) is 26.2 Å². The van der Waals surface area contributed by atoms with Gasteiger partial charge < -0.3 is 0 Å². The topological polar surface area (TPSA) is 0 Å². The molecule has 9 heavy (non-hydrogen) atoms. The highest BCUT2D eigenvalue weighted by molar-refractivity contribution is 5.01. The summed E-state index contributed by atoms with van der Waals surface area (Å²) in [6.07, 6.45) is 7.22. The van der Waals surface area contributed by atoms with Crippen LogP contribution in [0, 0.1) is 6.92 Å². The molecule has 0 spiro atoms. The molecule has 0 nitrogen and oxygen atoms in total. The predicted molar refractivity (Wildman–Crippen MR) is 43.2 cm³/mol. The average Bonchev–Trinajstić information content (AvgIpc) is 1.85. The molecule has 0 atom stereocenters. The number of hydrogen-bond acceptors (Lipinski definition) is 0. The highest BCUT2D eigenvalue weighted by Crippen LogP contribution is 2.06. The van der Waals surface area contributed by atoms with Crippen molar-refractivity contribution in [3.8, 4) is 0 Å². The summed E-state index contributed by atoms with van der Waals surface area (Å²) in [5.41, 5.74) is 1.28. The van der Waals surface area contributed by atoms with Gasteiger partial charge in [-0.25, -0.2) is 0 Å². The lowest BCUT2D eigenvalue weighted by Gasteiger charge is -1.96. The van der Waals surface area contributed by atoms with E-state index in [4.69, 9.17) is 0 Å². The zero-order valence-corrected chi connectivity index (χ0v) is 6.19. The highest BCUT2D eigenvalue weighted by Gasteiger charge is 1.86. The largest absolute Gasteiger partial charge is 0.0995 e. The van der Waals surface area contributed by atoms with E-state index in [0.717, 1.165) is 19.3 Å². The molecule has 0 fully saturated rings. The Morgan fingerprint density at radius 1 is 1.56 bits per heavy atom. The fourth-order valence-corrected chi connectivity index (χ4v) is 0.637. The third kappa shape index (κ3) is 5.35. The van der Waals surface area contributed by atoms with Crippen LogP contribution in [0.3, 0.4) is 0 Å². The first-order chi connectivity index (χ1) is 4.31. The summed E-state index contributed by atoms with van der Waals surface area (Å²) >= 11 is 0. The summed E-state index contributed by atoms with van der Waals surface area (Å²) in [6.45, 7) is 9.66. The van der Waals surface area contributed by atoms with Gasteiger partial charge in [0, 0.05) is 0 Å². The molecule has 0 heterocycles. The number of allylic oxidation sites excluding steroid dienone is 3. The third-order valence-corrected chi connectivity index (χ3v) is 1.17. The van der Waals surface area contributed by atoms with Crippen molar-refractivity contribution in [2.75, 3.05) is 0 Å². The summed E-state index contributed by atoms with van der Waals surface area (Å²) in [5.74, 6) is 0. The van der Waals surface area contributed by atoms with Crippen LogP contribution in [0.25, 0.3) is 0 Å². The van der Waals surface area contributed by atoms with Crippen molar-refractivity contribution in [1.29, 1.82) is 0 Å². The lowest BCUT2D eigenvalue weighted by atomic mass is 10.1. The normalized spacial score (nSPS) is 10.4. The fraction of sp³-hybridized carbons (Fsp3) is 0.444. The molecular formula is C9H15. The smallest absolute Gasteiger partial charge is 0.0142 e. The Morgan fingerprint density at radius 2 is 2.22 bits per heavy atom. The van der Waals surface area contributed by atoms with Gasteiger partial charge in [0.25, 0.3) is 0 Å². The Bertz CT molecular complexity index is 98.6. The average molecular weight is 123 g/mol. The van der Waals surface area contributed by atoms with Gasteiger partial charge in [0.05, 0.1) is 0 Å². The number of hydrogen-bond donors (Lipinski definition) is 0. The molecular weight excluding hydrogens is 108 g/mol. The minimum atomic E-state index is 0.969. The first-order valence-corrected chi connectivity index (χ1v) is 3.38. The third-order valence-electron chi connectivity index (χ3n) is 1.17. The van der Waals surface area contributed by atoms with Crippen LogP contribution in [-0.2, 0) is 0 Å². The molecule has 51 valence electrons. The molecule has 1 radical (unpaired) electrons. The van der Waals surface area contributed by atoms with Crippen molar-refractivity contribution in [3.63, 3.8) is 0 Å². The summed E-state index contributed by atoms with van der Waals surface area (Å²) < 4.78 is 0. The van der Waals surface area contributed by atoms with Crippen LogP contribution in [0.5, 0.6) is 0 Å². The minimum Gasteiger partial charge on any atom is -0.0995 e. The second kappa shape index (κ2) is 5.61. The van der Waals surface area contributed by atoms with E-state index in [1.165, 1.54) is 5.57 Å². The van der Waals surface area contributed by atoms with E-state index in [1.54, 1.807) is 0 Å². The first kappa shape index (κ1) is 8.48. The molecule has 0 amide bonds. The fourth-order valence-electron chi connectivity index (χ4n) is 0.637. The Hall–Kier alpha value is -0.520. The Balaban J connectivity index is 3.27. The van der Waals surface area contributed by atoms with E-state index in [9.17, 15) is 0 Å². The molecule has 0 unspecified atom stereocenters. The second-order valence-electron chi connectivity index (χ2n) is 2.13. The van der Waals surface area contributed by atoms with Crippen LogP contribution in [0.4, 0.5) is 0 Å². The minimum absolute atomic E-state index is 0.969. The summed E-state index contributed by atoms with van der Waals surface area (Å²) in [6, 6.07) is 0. The van der Waals surface area contributed by atoms with Gasteiger partial charge in [-0.3, -0.25) is 0 Å². The van der Waals surface area contributed by atoms with Crippen molar-refractivity contribution in [1.82, 2.24) is 0 Å². The molecule has 0 aromatic rings. The Kier molecular flexibility index (Phi) is 5.29. The number of rotatable bonds is 4. The van der Waals surface area contributed by atoms with Gasteiger partial charge >= 0.3 is 0 Å². The van der Waals surface area contributed by atoms with E-state index in [-0.39, 0.29) is 0 Å². The standard InChI is InChI=1S/C9H15/c1-4-6-8-9(3)7-5-2/h4,6H,2-3,5,7-8H2,1H3. The monoisotopic (exact) mass is 123 g/mol. The molecule has 0 heteroatoms. The lowest BCUT2D eigenvalue weighted by molar-refractivity contribution is 0.944. The summed E-state index contributed by atoms with van der Waals surface area (Å²) in [5, 5.41) is 0. The molecule has 0 N–H and O–H groups in total. The van der Waals surface area contributed by atoms with Gasteiger partial charge in [-0.1, -0.05) is 31.2 Å². The summed E-state index contributed by atoms with van der Waals surface area (Å²) in [7, 11) is 0. The van der Waals surface area contributed by atoms with Crippen LogP contribution in [0.1, 0.15) is 26.2 Å². The molecule has 0 aliphatic heterocycles. The van der Waals surface area contributed by atoms with Gasteiger partial charge in [0.15, 0.2) is 0 Å². The predicted octanol–water partition coefficient (Wildman–Crippen LogP) is 3.12. The Labute approximate surface area is 58.3 Å². The van der Waals surface area contributed by atoms with Crippen molar-refractivity contribution >= 4 is 0 Å². The Morgan fingerprint density at radius 3 is 2.67 bits per heavy atom. The maximum absolute atomic E-state index is 3.89. The van der Waals surface area contributed by atoms with Gasteiger partial charge in [0.2, 0.25) is 0 Å². The first-order valence-electron chi connectivity index (χ1n) is 3.38. The molecule has 0 aromatic heterocycles. The molecule has 0 aliphatic carbocycles. The van der Waals surface area contributed by atoms with Crippen LogP contribution < -0.4 is 0 Å². The summed E-state index contributed by atoms with van der Waals surface area (Å²) in [4.78, 5) is 0. The van der Waals surface area contributed by atoms with E-state index in [0.29, 0.717) is 0 Å². The molecule has 0 bridgehead atoms. The van der Waals surface area contributed by atoms with Gasteiger partial charge in [-0.15, -0.1) is 0 Å². The molecule has 0 rings (SSSR count). The lowest BCUT2D eigenvalue weighted by Crippen LogP contribution is -1.76. The zero-order chi connectivity index (χ0) is 7.11. The van der Waals surface area contributed by atoms with Crippen LogP contribution in [0.15, 0.2) is 24.3 Å². The molecule has 0 aromatic carbocycles. The van der Waals surface area contributed by atoms with Gasteiger partial charge in [-0.2, -0.15) is 0 Å². The van der Waals surface area contributed by atoms with Crippen molar-refractivity contribution in [2.24, 2.45) is 0 Å². The van der Waals surface area contributed by atoms with Crippen LogP contribution in [-0.4, -0.2) is 0 Å². The maximum Gasteiger partial charge on any atom is -0.0142 e. The molecule has 0 saturated heterocycles. The zero-order valence-electron chi connectivity index (χ0n) is 6.19. The maximum atomic E-state index is 3.89. The molecule has 0 saturated carbocycles. The van der Waals surface area contributed by atoms with Crippen molar-refractivity contribution in [2.45, 2.75) is 26.2 Å². The van der Waals surface area contributed by atoms with E-state index in [2.05, 4.69) is 19.6 Å². The highest BCUT2D eigenvalue weighted by atomic mass is 13.9. The van der Waals surface area contributed by atoms with Crippen LogP contribution >= 0.6 is 0 Å². The SMILES string of the molecule is [CH2]CCC(=C)CC=CC. The van der Waals surface area contributed by atoms with Gasteiger partial charge in [0.1, 0.15) is 0 Å². The second-order valence-corrected chi connectivity index (χ2v) is 2.13. The van der Waals surface area contributed by atoms with Crippen LogP contribution in [0.2, 0.25) is 0 Å². The quantitative estimate of drug-likeness (QED) is 0.504. The van der Waals surface area contributed by atoms with Crippen molar-refractivity contribution in [3.05, 3.63) is 31.2 Å². The van der Waals surface area contributed by atoms with E-state index >= 15 is 0 Å².